The topological polar surface area (TPSA) is 95.6 Å². The Labute approximate surface area is 207 Å². The summed E-state index contributed by atoms with van der Waals surface area (Å²) < 4.78 is 2.06. The number of rotatable bonds is 5. The molecule has 0 bridgehead atoms. The van der Waals surface area contributed by atoms with Gasteiger partial charge in [-0.25, -0.2) is 4.98 Å². The lowest BCUT2D eigenvalue weighted by Gasteiger charge is -2.14. The Morgan fingerprint density at radius 1 is 1.17 bits per heavy atom. The van der Waals surface area contributed by atoms with Crippen molar-refractivity contribution < 1.29 is 4.79 Å². The van der Waals surface area contributed by atoms with Gasteiger partial charge in [0.25, 0.3) is 11.5 Å². The van der Waals surface area contributed by atoms with Gasteiger partial charge in [-0.1, -0.05) is 11.6 Å². The fourth-order valence-electron chi connectivity index (χ4n) is 4.57. The molecule has 1 amide bonds. The van der Waals surface area contributed by atoms with Crippen LogP contribution in [-0.2, 0) is 6.54 Å². The number of hydrogen-bond acceptors (Lipinski definition) is 3. The molecule has 5 rings (SSSR count). The third-order valence-electron chi connectivity index (χ3n) is 6.34. The Bertz CT molecular complexity index is 1660. The zero-order chi connectivity index (χ0) is 24.9. The average molecular weight is 488 g/mol. The van der Waals surface area contributed by atoms with Gasteiger partial charge in [-0.2, -0.15) is 0 Å². The number of amides is 1. The number of benzene rings is 1. The number of carbonyl (C=O) groups is 1. The van der Waals surface area contributed by atoms with Crippen LogP contribution in [0.4, 0.5) is 0 Å². The highest BCUT2D eigenvalue weighted by molar-refractivity contribution is 6.37. The van der Waals surface area contributed by atoms with Crippen LogP contribution >= 0.6 is 11.6 Å². The summed E-state index contributed by atoms with van der Waals surface area (Å²) in [6.07, 6.45) is 5.50. The Morgan fingerprint density at radius 2 is 1.97 bits per heavy atom. The van der Waals surface area contributed by atoms with Crippen LogP contribution in [0.5, 0.6) is 0 Å². The minimum absolute atomic E-state index is 0.116. The molecule has 0 aliphatic rings. The molecule has 3 N–H and O–H groups in total. The van der Waals surface area contributed by atoms with Gasteiger partial charge in [-0.3, -0.25) is 9.59 Å². The number of fused-ring (bicyclic) bond motifs is 2. The summed E-state index contributed by atoms with van der Waals surface area (Å²) in [6.45, 7) is 7.96. The summed E-state index contributed by atoms with van der Waals surface area (Å²) in [5, 5.41) is 5.11. The van der Waals surface area contributed by atoms with Gasteiger partial charge >= 0.3 is 0 Å². The van der Waals surface area contributed by atoms with E-state index in [1.54, 1.807) is 6.20 Å². The van der Waals surface area contributed by atoms with Crippen LogP contribution < -0.4 is 10.9 Å². The molecule has 0 fully saturated rings. The van der Waals surface area contributed by atoms with E-state index in [0.717, 1.165) is 38.9 Å². The number of pyridine rings is 2. The zero-order valence-corrected chi connectivity index (χ0v) is 20.7. The molecule has 0 unspecified atom stereocenters. The van der Waals surface area contributed by atoms with Crippen LogP contribution in [0.2, 0.25) is 5.02 Å². The molecule has 4 aromatic heterocycles. The molecule has 7 nitrogen and oxygen atoms in total. The normalized spacial score (nSPS) is 11.6. The Morgan fingerprint density at radius 3 is 2.71 bits per heavy atom. The molecule has 0 radical (unpaired) electrons. The van der Waals surface area contributed by atoms with Gasteiger partial charge in [-0.05, 0) is 69.2 Å². The van der Waals surface area contributed by atoms with Crippen molar-refractivity contribution in [2.75, 3.05) is 0 Å². The first-order chi connectivity index (χ1) is 16.7. The largest absolute Gasteiger partial charge is 0.348 e. The number of nitrogens with one attached hydrogen (secondary N) is 3. The number of hydrogen-bond donors (Lipinski definition) is 3. The summed E-state index contributed by atoms with van der Waals surface area (Å²) in [5.41, 5.74) is 5.84. The summed E-state index contributed by atoms with van der Waals surface area (Å²) >= 11 is 6.65. The van der Waals surface area contributed by atoms with Crippen molar-refractivity contribution in [2.24, 2.45) is 0 Å². The molecule has 8 heteroatoms. The van der Waals surface area contributed by atoms with Crippen LogP contribution in [0.25, 0.3) is 33.1 Å². The lowest BCUT2D eigenvalue weighted by Crippen LogP contribution is -2.28. The average Bonchev–Trinajstić information content (AvgIpc) is 3.41. The minimum Gasteiger partial charge on any atom is -0.348 e. The maximum Gasteiger partial charge on any atom is 0.253 e. The summed E-state index contributed by atoms with van der Waals surface area (Å²) in [6, 6.07) is 9.94. The first-order valence-electron chi connectivity index (χ1n) is 11.5. The molecule has 0 saturated carbocycles. The van der Waals surface area contributed by atoms with E-state index in [0.29, 0.717) is 21.5 Å². The Hall–Kier alpha value is -3.84. The fraction of sp³-hybridized carbons (Fsp3) is 0.222. The van der Waals surface area contributed by atoms with Crippen LogP contribution in [-0.4, -0.2) is 25.4 Å². The van der Waals surface area contributed by atoms with E-state index < -0.39 is 0 Å². The molecular formula is C27H26ClN5O2. The maximum absolute atomic E-state index is 13.5. The monoisotopic (exact) mass is 487 g/mol. The first kappa shape index (κ1) is 22.9. The van der Waals surface area contributed by atoms with Crippen LogP contribution in [0.1, 0.15) is 47.1 Å². The summed E-state index contributed by atoms with van der Waals surface area (Å²) in [5.74, 6) is -0.296. The number of aromatic amines is 2. The number of nitrogens with zero attached hydrogens (tertiary/aromatic N) is 2. The van der Waals surface area contributed by atoms with E-state index in [1.165, 1.54) is 0 Å². The van der Waals surface area contributed by atoms with Crippen molar-refractivity contribution in [3.05, 3.63) is 86.7 Å². The predicted octanol–water partition coefficient (Wildman–Crippen LogP) is 5.65. The summed E-state index contributed by atoms with van der Waals surface area (Å²) in [4.78, 5) is 36.3. The van der Waals surface area contributed by atoms with Crippen molar-refractivity contribution in [1.29, 1.82) is 0 Å². The quantitative estimate of drug-likeness (QED) is 0.298. The van der Waals surface area contributed by atoms with E-state index in [2.05, 4.69) is 38.7 Å². The van der Waals surface area contributed by atoms with E-state index in [-0.39, 0.29) is 24.1 Å². The number of halogens is 1. The summed E-state index contributed by atoms with van der Waals surface area (Å²) in [7, 11) is 0. The number of aromatic nitrogens is 4. The van der Waals surface area contributed by atoms with Gasteiger partial charge in [0.05, 0.1) is 16.1 Å². The van der Waals surface area contributed by atoms with E-state index >= 15 is 0 Å². The van der Waals surface area contributed by atoms with Crippen molar-refractivity contribution in [3.8, 4) is 11.1 Å². The molecule has 0 atom stereocenters. The molecule has 0 aliphatic carbocycles. The standard InChI is InChI=1S/C27H26ClN5O2/c1-14(2)33-13-22(28)24-20(26(34)31-12-21-15(3)7-16(4)32-27(21)35)9-18(10-23(24)33)19-8-17-5-6-29-25(17)30-11-19/h5-11,13-14H,12H2,1-4H3,(H,29,30)(H,31,34)(H,32,35). The lowest BCUT2D eigenvalue weighted by molar-refractivity contribution is 0.0952. The number of H-pyrrole nitrogens is 2. The smallest absolute Gasteiger partial charge is 0.253 e. The van der Waals surface area contributed by atoms with Gasteiger partial charge in [0, 0.05) is 58.8 Å². The molecule has 0 spiro atoms. The zero-order valence-electron chi connectivity index (χ0n) is 20.0. The van der Waals surface area contributed by atoms with E-state index in [4.69, 9.17) is 11.6 Å². The molecule has 178 valence electrons. The van der Waals surface area contributed by atoms with Crippen molar-refractivity contribution in [2.45, 2.75) is 40.3 Å². The predicted molar refractivity (Wildman–Crippen MR) is 140 cm³/mol. The SMILES string of the molecule is Cc1cc(C)c(CNC(=O)c2cc(-c3cnc4[nH]ccc4c3)cc3c2c(Cl)cn3C(C)C)c(=O)[nH]1. The van der Waals surface area contributed by atoms with E-state index in [1.807, 2.05) is 56.6 Å². The lowest BCUT2D eigenvalue weighted by atomic mass is 10.00. The molecule has 0 saturated heterocycles. The second kappa shape index (κ2) is 8.74. The van der Waals surface area contributed by atoms with Gasteiger partial charge in [-0.15, -0.1) is 0 Å². The molecule has 0 aliphatic heterocycles. The number of carbonyl (C=O) groups excluding carboxylic acids is 1. The molecule has 5 aromatic rings. The molecule has 4 heterocycles. The van der Waals surface area contributed by atoms with Crippen molar-refractivity contribution in [1.82, 2.24) is 24.8 Å². The van der Waals surface area contributed by atoms with Crippen molar-refractivity contribution >= 4 is 39.4 Å². The second-order valence-electron chi connectivity index (χ2n) is 9.16. The highest BCUT2D eigenvalue weighted by Gasteiger charge is 2.20. The first-order valence-corrected chi connectivity index (χ1v) is 11.9. The Kier molecular flexibility index (Phi) is 5.73. The van der Waals surface area contributed by atoms with Crippen LogP contribution in [0, 0.1) is 13.8 Å². The maximum atomic E-state index is 13.5. The van der Waals surface area contributed by atoms with Crippen molar-refractivity contribution in [3.63, 3.8) is 0 Å². The third-order valence-corrected chi connectivity index (χ3v) is 6.63. The van der Waals surface area contributed by atoms with Crippen LogP contribution in [0.3, 0.4) is 0 Å². The van der Waals surface area contributed by atoms with Gasteiger partial charge in [0.15, 0.2) is 0 Å². The molecule has 1 aromatic carbocycles. The Balaban J connectivity index is 1.61. The van der Waals surface area contributed by atoms with Gasteiger partial charge < -0.3 is 19.9 Å². The minimum atomic E-state index is -0.296. The second-order valence-corrected chi connectivity index (χ2v) is 9.57. The number of aryl methyl sites for hydroxylation is 2. The fourth-order valence-corrected chi connectivity index (χ4v) is 4.88. The van der Waals surface area contributed by atoms with Crippen LogP contribution in [0.15, 0.2) is 53.7 Å². The molecule has 35 heavy (non-hydrogen) atoms. The van der Waals surface area contributed by atoms with Gasteiger partial charge in [0.2, 0.25) is 0 Å². The highest BCUT2D eigenvalue weighted by Crippen LogP contribution is 2.36. The highest BCUT2D eigenvalue weighted by atomic mass is 35.5. The third kappa shape index (κ3) is 4.12. The van der Waals surface area contributed by atoms with Gasteiger partial charge in [0.1, 0.15) is 5.65 Å². The van der Waals surface area contributed by atoms with E-state index in [9.17, 15) is 9.59 Å². The molecular weight excluding hydrogens is 462 g/mol.